The first-order chi connectivity index (χ1) is 16.1. The van der Waals surface area contributed by atoms with E-state index in [1.54, 1.807) is 4.90 Å². The lowest BCUT2D eigenvalue weighted by Gasteiger charge is -2.36. The number of nitrogens with one attached hydrogen (secondary N) is 1. The van der Waals surface area contributed by atoms with Crippen LogP contribution < -0.4 is 15.0 Å². The van der Waals surface area contributed by atoms with Gasteiger partial charge < -0.3 is 19.9 Å². The van der Waals surface area contributed by atoms with Gasteiger partial charge in [0.1, 0.15) is 18.2 Å². The maximum absolute atomic E-state index is 13.0. The standard InChI is InChI=1S/C26H26FN3O3/c27-22-8-6-21(7-9-22)26(32)28-18-25(31)30-16-14-29(15-17-30)23-10-12-24(13-11-23)33-19-20-4-2-1-3-5-20/h1-13H,14-19H2,(H,28,32). The van der Waals surface area contributed by atoms with Crippen molar-refractivity contribution >= 4 is 17.5 Å². The van der Waals surface area contributed by atoms with Gasteiger partial charge in [0.25, 0.3) is 5.91 Å². The van der Waals surface area contributed by atoms with E-state index in [1.807, 2.05) is 54.6 Å². The summed E-state index contributed by atoms with van der Waals surface area (Å²) in [5.41, 5.74) is 2.53. The summed E-state index contributed by atoms with van der Waals surface area (Å²) in [6, 6.07) is 23.2. The van der Waals surface area contributed by atoms with Gasteiger partial charge >= 0.3 is 0 Å². The van der Waals surface area contributed by atoms with Crippen LogP contribution >= 0.6 is 0 Å². The zero-order valence-electron chi connectivity index (χ0n) is 18.2. The highest BCUT2D eigenvalue weighted by molar-refractivity contribution is 5.96. The molecular formula is C26H26FN3O3. The molecule has 33 heavy (non-hydrogen) atoms. The summed E-state index contributed by atoms with van der Waals surface area (Å²) in [7, 11) is 0. The second-order valence-electron chi connectivity index (χ2n) is 7.83. The Bertz CT molecular complexity index is 1060. The molecule has 0 unspecified atom stereocenters. The lowest BCUT2D eigenvalue weighted by atomic mass is 10.2. The molecule has 6 nitrogen and oxygen atoms in total. The number of anilines is 1. The molecule has 0 radical (unpaired) electrons. The average Bonchev–Trinajstić information content (AvgIpc) is 2.87. The van der Waals surface area contributed by atoms with Gasteiger partial charge in [-0.25, -0.2) is 4.39 Å². The Labute approximate surface area is 192 Å². The van der Waals surface area contributed by atoms with Gasteiger partial charge in [-0.15, -0.1) is 0 Å². The third kappa shape index (κ3) is 6.10. The Morgan fingerprint density at radius 2 is 1.52 bits per heavy atom. The number of hydrogen-bond acceptors (Lipinski definition) is 4. The molecule has 0 aromatic heterocycles. The van der Waals surface area contributed by atoms with Gasteiger partial charge in [-0.3, -0.25) is 9.59 Å². The summed E-state index contributed by atoms with van der Waals surface area (Å²) >= 11 is 0. The molecule has 0 bridgehead atoms. The minimum Gasteiger partial charge on any atom is -0.489 e. The molecule has 0 aliphatic carbocycles. The van der Waals surface area contributed by atoms with Gasteiger partial charge in [-0.2, -0.15) is 0 Å². The molecule has 0 spiro atoms. The molecule has 3 aromatic rings. The fourth-order valence-corrected chi connectivity index (χ4v) is 3.68. The normalized spacial score (nSPS) is 13.5. The molecule has 2 amide bonds. The van der Waals surface area contributed by atoms with Gasteiger partial charge in [0.05, 0.1) is 6.54 Å². The second-order valence-corrected chi connectivity index (χ2v) is 7.83. The highest BCUT2D eigenvalue weighted by atomic mass is 19.1. The maximum Gasteiger partial charge on any atom is 0.251 e. The van der Waals surface area contributed by atoms with Crippen LogP contribution in [0.3, 0.4) is 0 Å². The third-order valence-electron chi connectivity index (χ3n) is 5.59. The SMILES string of the molecule is O=C(NCC(=O)N1CCN(c2ccc(OCc3ccccc3)cc2)CC1)c1ccc(F)cc1. The lowest BCUT2D eigenvalue weighted by molar-refractivity contribution is -0.130. The highest BCUT2D eigenvalue weighted by Gasteiger charge is 2.21. The van der Waals surface area contributed by atoms with Crippen molar-refractivity contribution < 1.29 is 18.7 Å². The van der Waals surface area contributed by atoms with Crippen molar-refractivity contribution in [2.24, 2.45) is 0 Å². The Hall–Kier alpha value is -3.87. The Morgan fingerprint density at radius 1 is 0.848 bits per heavy atom. The number of ether oxygens (including phenoxy) is 1. The van der Waals surface area contributed by atoms with Crippen LogP contribution in [0.15, 0.2) is 78.9 Å². The molecule has 1 saturated heterocycles. The number of nitrogens with zero attached hydrogens (tertiary/aromatic N) is 2. The van der Waals surface area contributed by atoms with Gasteiger partial charge in [0, 0.05) is 37.4 Å². The quantitative estimate of drug-likeness (QED) is 0.603. The van der Waals surface area contributed by atoms with E-state index in [0.717, 1.165) is 17.0 Å². The molecule has 1 fully saturated rings. The van der Waals surface area contributed by atoms with Crippen LogP contribution in [-0.2, 0) is 11.4 Å². The van der Waals surface area contributed by atoms with E-state index >= 15 is 0 Å². The number of benzene rings is 3. The fraction of sp³-hybridized carbons (Fsp3) is 0.231. The van der Waals surface area contributed by atoms with Crippen molar-refractivity contribution in [2.45, 2.75) is 6.61 Å². The van der Waals surface area contributed by atoms with Crippen molar-refractivity contribution in [1.82, 2.24) is 10.2 Å². The minimum atomic E-state index is -0.408. The van der Waals surface area contributed by atoms with Crippen LogP contribution in [0.1, 0.15) is 15.9 Å². The average molecular weight is 448 g/mol. The maximum atomic E-state index is 13.0. The zero-order valence-corrected chi connectivity index (χ0v) is 18.2. The largest absolute Gasteiger partial charge is 0.489 e. The monoisotopic (exact) mass is 447 g/mol. The number of hydrogen-bond donors (Lipinski definition) is 1. The molecular weight excluding hydrogens is 421 g/mol. The smallest absolute Gasteiger partial charge is 0.251 e. The van der Waals surface area contributed by atoms with Crippen molar-refractivity contribution in [2.75, 3.05) is 37.6 Å². The summed E-state index contributed by atoms with van der Waals surface area (Å²) in [6.45, 7) is 3.03. The number of carbonyl (C=O) groups is 2. The van der Waals surface area contributed by atoms with E-state index in [2.05, 4.69) is 10.2 Å². The number of rotatable bonds is 7. The molecule has 170 valence electrons. The number of amides is 2. The van der Waals surface area contributed by atoms with Gasteiger partial charge in [0.2, 0.25) is 5.91 Å². The highest BCUT2D eigenvalue weighted by Crippen LogP contribution is 2.21. The van der Waals surface area contributed by atoms with Crippen molar-refractivity contribution in [3.8, 4) is 5.75 Å². The molecule has 3 aromatic carbocycles. The molecule has 0 atom stereocenters. The van der Waals surface area contributed by atoms with Crippen molar-refractivity contribution in [3.63, 3.8) is 0 Å². The predicted octanol–water partition coefficient (Wildman–Crippen LogP) is 3.48. The molecule has 1 aliphatic heterocycles. The molecule has 7 heteroatoms. The van der Waals surface area contributed by atoms with E-state index in [1.165, 1.54) is 24.3 Å². The molecule has 1 heterocycles. The summed E-state index contributed by atoms with van der Waals surface area (Å²) in [4.78, 5) is 28.6. The summed E-state index contributed by atoms with van der Waals surface area (Å²) in [5, 5.41) is 2.61. The first-order valence-electron chi connectivity index (χ1n) is 10.9. The van der Waals surface area contributed by atoms with E-state index in [0.29, 0.717) is 38.3 Å². The first-order valence-corrected chi connectivity index (χ1v) is 10.9. The Morgan fingerprint density at radius 3 is 2.18 bits per heavy atom. The van der Waals surface area contributed by atoms with Gasteiger partial charge in [-0.05, 0) is 54.1 Å². The van der Waals surface area contributed by atoms with Crippen LogP contribution in [0.4, 0.5) is 10.1 Å². The zero-order chi connectivity index (χ0) is 23.0. The molecule has 4 rings (SSSR count). The van der Waals surface area contributed by atoms with Crippen LogP contribution in [-0.4, -0.2) is 49.4 Å². The van der Waals surface area contributed by atoms with Gasteiger partial charge in [0.15, 0.2) is 0 Å². The summed E-state index contributed by atoms with van der Waals surface area (Å²) < 4.78 is 18.8. The van der Waals surface area contributed by atoms with Crippen LogP contribution in [0.2, 0.25) is 0 Å². The summed E-state index contributed by atoms with van der Waals surface area (Å²) in [6.07, 6.45) is 0. The second kappa shape index (κ2) is 10.6. The first kappa shape index (κ1) is 22.3. The third-order valence-corrected chi connectivity index (χ3v) is 5.59. The lowest BCUT2D eigenvalue weighted by Crippen LogP contribution is -2.51. The van der Waals surface area contributed by atoms with Crippen molar-refractivity contribution in [3.05, 3.63) is 95.8 Å². The minimum absolute atomic E-state index is 0.0797. The molecule has 1 N–H and O–H groups in total. The molecule has 1 aliphatic rings. The van der Waals surface area contributed by atoms with Crippen LogP contribution in [0.5, 0.6) is 5.75 Å². The predicted molar refractivity (Wildman–Crippen MR) is 125 cm³/mol. The molecule has 0 saturated carbocycles. The van der Waals surface area contributed by atoms with E-state index in [-0.39, 0.29) is 12.5 Å². The fourth-order valence-electron chi connectivity index (χ4n) is 3.68. The number of piperazine rings is 1. The van der Waals surface area contributed by atoms with Gasteiger partial charge in [-0.1, -0.05) is 30.3 Å². The number of carbonyl (C=O) groups excluding carboxylic acids is 2. The Kier molecular flexibility index (Phi) is 7.19. The van der Waals surface area contributed by atoms with E-state index in [4.69, 9.17) is 4.74 Å². The van der Waals surface area contributed by atoms with Crippen LogP contribution in [0.25, 0.3) is 0 Å². The van der Waals surface area contributed by atoms with E-state index < -0.39 is 11.7 Å². The summed E-state index contributed by atoms with van der Waals surface area (Å²) in [5.74, 6) is -0.116. The topological polar surface area (TPSA) is 61.9 Å². The van der Waals surface area contributed by atoms with Crippen molar-refractivity contribution in [1.29, 1.82) is 0 Å². The Balaban J connectivity index is 1.21. The van der Waals surface area contributed by atoms with E-state index in [9.17, 15) is 14.0 Å². The number of halogens is 1. The van der Waals surface area contributed by atoms with Crippen LogP contribution in [0, 0.1) is 5.82 Å².